The van der Waals surface area contributed by atoms with Gasteiger partial charge in [-0.15, -0.1) is 0 Å². The third-order valence-corrected chi connectivity index (χ3v) is 4.67. The fourth-order valence-electron chi connectivity index (χ4n) is 3.54. The van der Waals surface area contributed by atoms with Gasteiger partial charge in [0.25, 0.3) is 0 Å². The summed E-state index contributed by atoms with van der Waals surface area (Å²) in [6.45, 7) is 3.14. The average molecular weight is 267 g/mol. The Morgan fingerprint density at radius 3 is 2.53 bits per heavy atom. The average Bonchev–Trinajstić information content (AvgIpc) is 2.90. The van der Waals surface area contributed by atoms with Crippen LogP contribution in [0.5, 0.6) is 0 Å². The largest absolute Gasteiger partial charge is 0.481 e. The van der Waals surface area contributed by atoms with Gasteiger partial charge in [-0.05, 0) is 25.2 Å². The molecule has 4 nitrogen and oxygen atoms in total. The Hall–Kier alpha value is -1.06. The minimum atomic E-state index is -0.763. The molecule has 1 saturated carbocycles. The van der Waals surface area contributed by atoms with Gasteiger partial charge in [-0.1, -0.05) is 32.6 Å². The Morgan fingerprint density at radius 1 is 1.21 bits per heavy atom. The Labute approximate surface area is 115 Å². The molecule has 0 bridgehead atoms. The van der Waals surface area contributed by atoms with Crippen LogP contribution in [0.1, 0.15) is 51.9 Å². The first-order valence-electron chi connectivity index (χ1n) is 7.59. The molecule has 0 aromatic rings. The van der Waals surface area contributed by atoms with E-state index in [1.54, 1.807) is 4.90 Å². The van der Waals surface area contributed by atoms with Crippen molar-refractivity contribution < 1.29 is 14.7 Å². The van der Waals surface area contributed by atoms with Crippen LogP contribution in [0.2, 0.25) is 0 Å². The normalized spacial score (nSPS) is 26.4. The lowest BCUT2D eigenvalue weighted by atomic mass is 9.91. The van der Waals surface area contributed by atoms with E-state index in [1.807, 2.05) is 6.92 Å². The Bertz CT molecular complexity index is 336. The summed E-state index contributed by atoms with van der Waals surface area (Å²) in [5.74, 6) is -0.204. The molecule has 2 rings (SSSR count). The summed E-state index contributed by atoms with van der Waals surface area (Å²) in [6.07, 6.45) is 7.62. The highest BCUT2D eigenvalue weighted by atomic mass is 16.4. The molecule has 2 atom stereocenters. The summed E-state index contributed by atoms with van der Waals surface area (Å²) < 4.78 is 0. The van der Waals surface area contributed by atoms with Crippen LogP contribution < -0.4 is 0 Å². The van der Waals surface area contributed by atoms with Gasteiger partial charge in [0.2, 0.25) is 5.91 Å². The van der Waals surface area contributed by atoms with Crippen molar-refractivity contribution in [3.8, 4) is 0 Å². The molecule has 19 heavy (non-hydrogen) atoms. The number of nitrogens with zero attached hydrogens (tertiary/aromatic N) is 1. The van der Waals surface area contributed by atoms with Gasteiger partial charge >= 0.3 is 5.97 Å². The molecule has 2 fully saturated rings. The van der Waals surface area contributed by atoms with E-state index >= 15 is 0 Å². The van der Waals surface area contributed by atoms with E-state index in [9.17, 15) is 9.59 Å². The predicted octanol–water partition coefficient (Wildman–Crippen LogP) is 2.53. The van der Waals surface area contributed by atoms with E-state index in [-0.39, 0.29) is 17.7 Å². The monoisotopic (exact) mass is 267 g/mol. The maximum Gasteiger partial charge on any atom is 0.308 e. The molecule has 0 spiro atoms. The zero-order valence-corrected chi connectivity index (χ0v) is 11.8. The van der Waals surface area contributed by atoms with Crippen LogP contribution in [0.4, 0.5) is 0 Å². The fourth-order valence-corrected chi connectivity index (χ4v) is 3.54. The van der Waals surface area contributed by atoms with Gasteiger partial charge in [0.05, 0.1) is 5.92 Å². The highest BCUT2D eigenvalue weighted by Crippen LogP contribution is 2.31. The molecule has 1 amide bonds. The van der Waals surface area contributed by atoms with E-state index in [1.165, 1.54) is 25.7 Å². The number of aliphatic carboxylic acids is 1. The molecule has 1 saturated heterocycles. The zero-order valence-electron chi connectivity index (χ0n) is 11.8. The van der Waals surface area contributed by atoms with E-state index in [0.29, 0.717) is 18.9 Å². The number of amides is 1. The van der Waals surface area contributed by atoms with Crippen LogP contribution >= 0.6 is 0 Å². The van der Waals surface area contributed by atoms with Crippen molar-refractivity contribution in [2.75, 3.05) is 13.1 Å². The SMILES string of the molecule is CC(CC1CCCC1)C(=O)N1CCC[C@H](C(=O)O)C1. The summed E-state index contributed by atoms with van der Waals surface area (Å²) in [6, 6.07) is 0. The second kappa shape index (κ2) is 6.40. The van der Waals surface area contributed by atoms with Gasteiger partial charge in [0.15, 0.2) is 0 Å². The Balaban J connectivity index is 1.85. The zero-order chi connectivity index (χ0) is 13.8. The van der Waals surface area contributed by atoms with Crippen molar-refractivity contribution in [1.82, 2.24) is 4.90 Å². The molecule has 1 unspecified atom stereocenters. The third-order valence-electron chi connectivity index (χ3n) is 4.67. The number of carbonyl (C=O) groups excluding carboxylic acids is 1. The fraction of sp³-hybridized carbons (Fsp3) is 0.867. The number of carbonyl (C=O) groups is 2. The molecule has 4 heteroatoms. The van der Waals surface area contributed by atoms with E-state index in [2.05, 4.69) is 0 Å². The van der Waals surface area contributed by atoms with Gasteiger partial charge < -0.3 is 10.0 Å². The van der Waals surface area contributed by atoms with Gasteiger partial charge in [-0.25, -0.2) is 0 Å². The smallest absolute Gasteiger partial charge is 0.308 e. The predicted molar refractivity (Wildman–Crippen MR) is 72.7 cm³/mol. The molecular weight excluding hydrogens is 242 g/mol. The van der Waals surface area contributed by atoms with Crippen molar-refractivity contribution >= 4 is 11.9 Å². The highest BCUT2D eigenvalue weighted by molar-refractivity contribution is 5.79. The van der Waals surface area contributed by atoms with E-state index < -0.39 is 5.97 Å². The second-order valence-corrected chi connectivity index (χ2v) is 6.25. The molecule has 108 valence electrons. The van der Waals surface area contributed by atoms with Crippen LogP contribution in [-0.2, 0) is 9.59 Å². The van der Waals surface area contributed by atoms with Crippen molar-refractivity contribution in [3.05, 3.63) is 0 Å². The summed E-state index contributed by atoms with van der Waals surface area (Å²) in [5.41, 5.74) is 0. The van der Waals surface area contributed by atoms with Crippen LogP contribution in [0, 0.1) is 17.8 Å². The maximum absolute atomic E-state index is 12.4. The molecule has 0 aromatic heterocycles. The summed E-state index contributed by atoms with van der Waals surface area (Å²) >= 11 is 0. The van der Waals surface area contributed by atoms with Crippen molar-refractivity contribution in [2.24, 2.45) is 17.8 Å². The van der Waals surface area contributed by atoms with Crippen LogP contribution in [-0.4, -0.2) is 35.0 Å². The van der Waals surface area contributed by atoms with Gasteiger partial charge in [-0.3, -0.25) is 9.59 Å². The van der Waals surface area contributed by atoms with Crippen molar-refractivity contribution in [2.45, 2.75) is 51.9 Å². The number of carboxylic acids is 1. The Morgan fingerprint density at radius 2 is 1.89 bits per heavy atom. The molecular formula is C15H25NO3. The van der Waals surface area contributed by atoms with Crippen LogP contribution in [0.25, 0.3) is 0 Å². The lowest BCUT2D eigenvalue weighted by molar-refractivity contribution is -0.146. The van der Waals surface area contributed by atoms with E-state index in [0.717, 1.165) is 19.4 Å². The number of carboxylic acid groups (broad SMARTS) is 1. The van der Waals surface area contributed by atoms with Crippen molar-refractivity contribution in [3.63, 3.8) is 0 Å². The molecule has 0 aromatic carbocycles. The number of piperidine rings is 1. The first-order chi connectivity index (χ1) is 9.08. The first kappa shape index (κ1) is 14.4. The van der Waals surface area contributed by atoms with Crippen LogP contribution in [0.15, 0.2) is 0 Å². The lowest BCUT2D eigenvalue weighted by Gasteiger charge is -2.33. The first-order valence-corrected chi connectivity index (χ1v) is 7.59. The molecule has 1 aliphatic carbocycles. The Kier molecular flexibility index (Phi) is 4.83. The van der Waals surface area contributed by atoms with Gasteiger partial charge in [-0.2, -0.15) is 0 Å². The standard InChI is InChI=1S/C15H25NO3/c1-11(9-12-5-2-3-6-12)14(17)16-8-4-7-13(10-16)15(18)19/h11-13H,2-10H2,1H3,(H,18,19)/t11?,13-/m0/s1. The topological polar surface area (TPSA) is 57.6 Å². The molecule has 1 N–H and O–H groups in total. The van der Waals surface area contributed by atoms with Gasteiger partial charge in [0, 0.05) is 19.0 Å². The number of likely N-dealkylation sites (tertiary alicyclic amines) is 1. The summed E-state index contributed by atoms with van der Waals surface area (Å²) in [7, 11) is 0. The third kappa shape index (κ3) is 3.71. The minimum absolute atomic E-state index is 0.0515. The summed E-state index contributed by atoms with van der Waals surface area (Å²) in [4.78, 5) is 25.2. The molecule has 1 heterocycles. The molecule has 2 aliphatic rings. The van der Waals surface area contributed by atoms with Crippen molar-refractivity contribution in [1.29, 1.82) is 0 Å². The lowest BCUT2D eigenvalue weighted by Crippen LogP contribution is -2.44. The quantitative estimate of drug-likeness (QED) is 0.851. The van der Waals surface area contributed by atoms with Gasteiger partial charge in [0.1, 0.15) is 0 Å². The second-order valence-electron chi connectivity index (χ2n) is 6.25. The molecule has 1 aliphatic heterocycles. The highest BCUT2D eigenvalue weighted by Gasteiger charge is 2.31. The number of rotatable bonds is 4. The van der Waals surface area contributed by atoms with Crippen LogP contribution in [0.3, 0.4) is 0 Å². The maximum atomic E-state index is 12.4. The summed E-state index contributed by atoms with van der Waals surface area (Å²) in [5, 5.41) is 9.07. The van der Waals surface area contributed by atoms with E-state index in [4.69, 9.17) is 5.11 Å². The number of hydrogen-bond acceptors (Lipinski definition) is 2. The minimum Gasteiger partial charge on any atom is -0.481 e. The number of hydrogen-bond donors (Lipinski definition) is 1. The molecule has 0 radical (unpaired) electrons.